The van der Waals surface area contributed by atoms with Crippen LogP contribution in [-0.4, -0.2) is 9.55 Å². The lowest BCUT2D eigenvalue weighted by Crippen LogP contribution is -2.16. The van der Waals surface area contributed by atoms with Gasteiger partial charge in [0.05, 0.1) is 6.42 Å². The molecular formula is C12H18N2O. The van der Waals surface area contributed by atoms with Crippen LogP contribution in [0.2, 0.25) is 0 Å². The van der Waals surface area contributed by atoms with E-state index in [4.69, 9.17) is 0 Å². The number of nitrogens with one attached hydrogen (secondary N) is 1. The Morgan fingerprint density at radius 1 is 1.47 bits per heavy atom. The Balaban J connectivity index is 2.59. The average molecular weight is 206 g/mol. The molecule has 0 spiro atoms. The molecule has 3 heteroatoms. The van der Waals surface area contributed by atoms with Crippen LogP contribution in [-0.2, 0) is 13.0 Å². The summed E-state index contributed by atoms with van der Waals surface area (Å²) < 4.78 is 1.74. The fraction of sp³-hybridized carbons (Fsp3) is 0.583. The van der Waals surface area contributed by atoms with Crippen molar-refractivity contribution in [2.75, 3.05) is 0 Å². The molecule has 1 N–H and O–H groups in total. The minimum Gasteiger partial charge on any atom is -0.309 e. The number of aromatic amines is 1. The molecule has 0 unspecified atom stereocenters. The van der Waals surface area contributed by atoms with E-state index in [0.29, 0.717) is 6.42 Å². The largest absolute Gasteiger partial charge is 0.325 e. The summed E-state index contributed by atoms with van der Waals surface area (Å²) in [6.07, 6.45) is 5.91. The molecule has 15 heavy (non-hydrogen) atoms. The summed E-state index contributed by atoms with van der Waals surface area (Å²) in [4.78, 5) is 14.3. The van der Waals surface area contributed by atoms with Crippen LogP contribution in [0.3, 0.4) is 0 Å². The van der Waals surface area contributed by atoms with Gasteiger partial charge >= 0.3 is 5.69 Å². The standard InChI is InChI=1S/C12H18N2O/c1-3-5-7-9-14-10-11(8-6-4-2)13-12(14)15/h10H,3,5,7-9H2,1-2H3,(H,13,15). The Bertz CT molecular complexity index is 403. The Morgan fingerprint density at radius 2 is 2.27 bits per heavy atom. The van der Waals surface area contributed by atoms with Crippen molar-refractivity contribution in [2.24, 2.45) is 0 Å². The molecule has 0 atom stereocenters. The van der Waals surface area contributed by atoms with Gasteiger partial charge in [0.15, 0.2) is 0 Å². The topological polar surface area (TPSA) is 37.8 Å². The van der Waals surface area contributed by atoms with E-state index in [1.54, 1.807) is 11.5 Å². The van der Waals surface area contributed by atoms with E-state index in [1.165, 1.54) is 12.8 Å². The van der Waals surface area contributed by atoms with Crippen molar-refractivity contribution >= 4 is 0 Å². The van der Waals surface area contributed by atoms with Crippen LogP contribution < -0.4 is 5.69 Å². The first kappa shape index (κ1) is 11.6. The van der Waals surface area contributed by atoms with Gasteiger partial charge in [0.25, 0.3) is 0 Å². The molecule has 3 nitrogen and oxygen atoms in total. The Hall–Kier alpha value is -1.43. The Kier molecular flexibility index (Phi) is 4.76. The summed E-state index contributed by atoms with van der Waals surface area (Å²) >= 11 is 0. The molecule has 0 saturated carbocycles. The van der Waals surface area contributed by atoms with Crippen LogP contribution in [0, 0.1) is 11.8 Å². The highest BCUT2D eigenvalue weighted by Crippen LogP contribution is 1.98. The van der Waals surface area contributed by atoms with Crippen molar-refractivity contribution in [2.45, 2.75) is 46.1 Å². The number of unbranched alkanes of at least 4 members (excludes halogenated alkanes) is 2. The number of hydrogen-bond acceptors (Lipinski definition) is 1. The van der Waals surface area contributed by atoms with Crippen molar-refractivity contribution in [1.82, 2.24) is 9.55 Å². The van der Waals surface area contributed by atoms with Gasteiger partial charge in [-0.25, -0.2) is 4.79 Å². The summed E-state index contributed by atoms with van der Waals surface area (Å²) in [6, 6.07) is 0. The molecule has 1 heterocycles. The minimum absolute atomic E-state index is 0.0148. The Labute approximate surface area is 90.5 Å². The summed E-state index contributed by atoms with van der Waals surface area (Å²) in [5.41, 5.74) is 0.893. The first-order valence-electron chi connectivity index (χ1n) is 5.46. The normalized spacial score (nSPS) is 9.73. The molecule has 0 aromatic carbocycles. The third kappa shape index (κ3) is 3.67. The molecule has 1 rings (SSSR count). The van der Waals surface area contributed by atoms with E-state index >= 15 is 0 Å². The number of imidazole rings is 1. The Morgan fingerprint density at radius 3 is 2.93 bits per heavy atom. The molecule has 0 aliphatic carbocycles. The van der Waals surface area contributed by atoms with Crippen LogP contribution in [0.5, 0.6) is 0 Å². The summed E-state index contributed by atoms with van der Waals surface area (Å²) in [7, 11) is 0. The van der Waals surface area contributed by atoms with Crippen molar-refractivity contribution in [3.63, 3.8) is 0 Å². The van der Waals surface area contributed by atoms with Crippen LogP contribution in [0.25, 0.3) is 0 Å². The zero-order valence-electron chi connectivity index (χ0n) is 9.47. The maximum absolute atomic E-state index is 11.5. The van der Waals surface area contributed by atoms with Gasteiger partial charge in [-0.1, -0.05) is 25.7 Å². The van der Waals surface area contributed by atoms with Gasteiger partial charge in [-0.2, -0.15) is 0 Å². The van der Waals surface area contributed by atoms with Crippen molar-refractivity contribution < 1.29 is 0 Å². The molecule has 0 amide bonds. The van der Waals surface area contributed by atoms with Gasteiger partial charge < -0.3 is 4.98 Å². The first-order chi connectivity index (χ1) is 7.27. The number of nitrogens with zero attached hydrogens (tertiary/aromatic N) is 1. The van der Waals surface area contributed by atoms with E-state index < -0.39 is 0 Å². The second kappa shape index (κ2) is 6.13. The van der Waals surface area contributed by atoms with Crippen molar-refractivity contribution in [3.8, 4) is 11.8 Å². The molecule has 1 aromatic heterocycles. The van der Waals surface area contributed by atoms with Gasteiger partial charge in [-0.3, -0.25) is 4.57 Å². The van der Waals surface area contributed by atoms with E-state index in [2.05, 4.69) is 23.7 Å². The monoisotopic (exact) mass is 206 g/mol. The summed E-state index contributed by atoms with van der Waals surface area (Å²) in [5.74, 6) is 5.75. The van der Waals surface area contributed by atoms with Crippen molar-refractivity contribution in [1.29, 1.82) is 0 Å². The molecule has 1 aromatic rings. The lowest BCUT2D eigenvalue weighted by Gasteiger charge is -1.98. The van der Waals surface area contributed by atoms with E-state index in [9.17, 15) is 4.79 Å². The molecule has 0 saturated heterocycles. The van der Waals surface area contributed by atoms with Crippen LogP contribution in [0.15, 0.2) is 11.0 Å². The molecule has 0 aliphatic rings. The van der Waals surface area contributed by atoms with E-state index in [-0.39, 0.29) is 5.69 Å². The minimum atomic E-state index is -0.0148. The van der Waals surface area contributed by atoms with Gasteiger partial charge in [0.2, 0.25) is 0 Å². The number of hydrogen-bond donors (Lipinski definition) is 1. The molecule has 0 bridgehead atoms. The zero-order valence-corrected chi connectivity index (χ0v) is 9.47. The number of rotatable bonds is 5. The second-order valence-corrected chi connectivity index (χ2v) is 3.59. The molecule has 0 radical (unpaired) electrons. The number of aromatic nitrogens is 2. The van der Waals surface area contributed by atoms with Crippen LogP contribution in [0.1, 0.15) is 38.8 Å². The van der Waals surface area contributed by atoms with E-state index in [0.717, 1.165) is 18.7 Å². The lowest BCUT2D eigenvalue weighted by molar-refractivity contribution is 0.589. The zero-order chi connectivity index (χ0) is 11.1. The van der Waals surface area contributed by atoms with Gasteiger partial charge in [-0.15, -0.1) is 5.92 Å². The summed E-state index contributed by atoms with van der Waals surface area (Å²) in [6.45, 7) is 4.77. The molecule has 0 fully saturated rings. The quantitative estimate of drug-likeness (QED) is 0.580. The smallest absolute Gasteiger partial charge is 0.309 e. The van der Waals surface area contributed by atoms with E-state index in [1.807, 2.05) is 6.20 Å². The molecular weight excluding hydrogens is 188 g/mol. The van der Waals surface area contributed by atoms with Gasteiger partial charge in [0.1, 0.15) is 0 Å². The average Bonchev–Trinajstić information content (AvgIpc) is 2.57. The molecule has 0 aliphatic heterocycles. The predicted octanol–water partition coefficient (Wildman–Crippen LogP) is 1.93. The maximum Gasteiger partial charge on any atom is 0.325 e. The van der Waals surface area contributed by atoms with Crippen LogP contribution >= 0.6 is 0 Å². The lowest BCUT2D eigenvalue weighted by atomic mass is 10.2. The number of H-pyrrole nitrogens is 1. The first-order valence-corrected chi connectivity index (χ1v) is 5.46. The van der Waals surface area contributed by atoms with Crippen molar-refractivity contribution in [3.05, 3.63) is 22.4 Å². The highest BCUT2D eigenvalue weighted by Gasteiger charge is 2.00. The third-order valence-electron chi connectivity index (χ3n) is 2.30. The van der Waals surface area contributed by atoms with Gasteiger partial charge in [-0.05, 0) is 13.3 Å². The molecule has 82 valence electrons. The maximum atomic E-state index is 11.5. The third-order valence-corrected chi connectivity index (χ3v) is 2.30. The summed E-state index contributed by atoms with van der Waals surface area (Å²) in [5, 5.41) is 0. The highest BCUT2D eigenvalue weighted by atomic mass is 16.1. The number of aryl methyl sites for hydroxylation is 1. The predicted molar refractivity (Wildman–Crippen MR) is 61.7 cm³/mol. The van der Waals surface area contributed by atoms with Crippen LogP contribution in [0.4, 0.5) is 0 Å². The SMILES string of the molecule is CC#CCc1cn(CCCCC)c(=O)[nH]1. The fourth-order valence-corrected chi connectivity index (χ4v) is 1.46. The second-order valence-electron chi connectivity index (χ2n) is 3.59. The highest BCUT2D eigenvalue weighted by molar-refractivity contribution is 5.09. The fourth-order valence-electron chi connectivity index (χ4n) is 1.46. The van der Waals surface area contributed by atoms with Gasteiger partial charge in [0, 0.05) is 18.4 Å².